The van der Waals surface area contributed by atoms with E-state index >= 15 is 0 Å². The van der Waals surface area contributed by atoms with Crippen molar-refractivity contribution in [1.82, 2.24) is 20.3 Å². The molecule has 0 bridgehead atoms. The molecule has 0 saturated carbocycles. The number of aromatic nitrogens is 3. The van der Waals surface area contributed by atoms with Gasteiger partial charge in [-0.1, -0.05) is 6.07 Å². The van der Waals surface area contributed by atoms with Gasteiger partial charge in [0, 0.05) is 25.3 Å². The van der Waals surface area contributed by atoms with Gasteiger partial charge in [0.1, 0.15) is 23.2 Å². The molecule has 4 rings (SSSR count). The number of benzene rings is 1. The number of ether oxygens (including phenoxy) is 2. The molecule has 10 heteroatoms. The smallest absolute Gasteiger partial charge is 0.339 e. The molecule has 1 aliphatic heterocycles. The molecule has 1 aromatic carbocycles. The zero-order chi connectivity index (χ0) is 23.4. The highest BCUT2D eigenvalue weighted by atomic mass is 16.5. The number of carbonyl (C=O) groups excluding carboxylic acids is 1. The van der Waals surface area contributed by atoms with Gasteiger partial charge in [0.05, 0.1) is 17.7 Å². The van der Waals surface area contributed by atoms with Crippen molar-refractivity contribution in [3.8, 4) is 5.75 Å². The monoisotopic (exact) mass is 455 g/mol. The van der Waals surface area contributed by atoms with Gasteiger partial charge in [0.2, 0.25) is 0 Å². The van der Waals surface area contributed by atoms with Crippen molar-refractivity contribution in [2.24, 2.45) is 0 Å². The second kappa shape index (κ2) is 10.1. The van der Waals surface area contributed by atoms with Crippen molar-refractivity contribution >= 4 is 22.8 Å². The van der Waals surface area contributed by atoms with Crippen LogP contribution in [0.5, 0.6) is 5.75 Å². The molecule has 1 saturated heterocycles. The highest BCUT2D eigenvalue weighted by Gasteiger charge is 2.26. The molecule has 4 N–H and O–H groups in total. The van der Waals surface area contributed by atoms with Gasteiger partial charge in [0.25, 0.3) is 0 Å². The fourth-order valence-corrected chi connectivity index (χ4v) is 3.95. The first kappa shape index (κ1) is 22.8. The number of nitrogens with one attached hydrogen (secondary N) is 3. The molecule has 176 valence electrons. The summed E-state index contributed by atoms with van der Waals surface area (Å²) in [6.45, 7) is 5.32. The second-order valence-electron chi connectivity index (χ2n) is 8.09. The van der Waals surface area contributed by atoms with E-state index in [0.717, 1.165) is 31.7 Å². The lowest BCUT2D eigenvalue weighted by molar-refractivity contribution is 0.0179. The van der Waals surface area contributed by atoms with Crippen LogP contribution in [-0.2, 0) is 4.74 Å². The van der Waals surface area contributed by atoms with Crippen LogP contribution in [0.25, 0.3) is 11.0 Å². The third-order valence-electron chi connectivity index (χ3n) is 5.68. The van der Waals surface area contributed by atoms with Crippen LogP contribution < -0.4 is 20.6 Å². The molecule has 10 nitrogen and oxygen atoms in total. The van der Waals surface area contributed by atoms with Gasteiger partial charge in [0.15, 0.2) is 6.23 Å². The van der Waals surface area contributed by atoms with E-state index in [1.807, 2.05) is 6.07 Å². The molecule has 0 aliphatic carbocycles. The number of aliphatic hydroxyl groups excluding tert-OH is 1. The fourth-order valence-electron chi connectivity index (χ4n) is 3.95. The third kappa shape index (κ3) is 5.35. The highest BCUT2D eigenvalue weighted by molar-refractivity contribution is 5.89. The lowest BCUT2D eigenvalue weighted by atomic mass is 10.0. The van der Waals surface area contributed by atoms with Gasteiger partial charge >= 0.3 is 11.7 Å². The number of carbonyl (C=O) groups is 1. The normalized spacial score (nSPS) is 16.5. The number of piperidine rings is 1. The van der Waals surface area contributed by atoms with E-state index in [2.05, 4.69) is 25.2 Å². The first-order valence-electron chi connectivity index (χ1n) is 11.1. The second-order valence-corrected chi connectivity index (χ2v) is 8.09. The summed E-state index contributed by atoms with van der Waals surface area (Å²) in [5.41, 5.74) is 1.35. The lowest BCUT2D eigenvalue weighted by Crippen LogP contribution is -2.52. The maximum absolute atomic E-state index is 11.8. The first-order chi connectivity index (χ1) is 15.9. The topological polar surface area (TPSA) is 133 Å². The largest absolute Gasteiger partial charge is 0.470 e. The van der Waals surface area contributed by atoms with Crippen molar-refractivity contribution in [3.63, 3.8) is 0 Å². The zero-order valence-electron chi connectivity index (χ0n) is 18.7. The number of rotatable bonds is 8. The van der Waals surface area contributed by atoms with Crippen LogP contribution in [0, 0.1) is 0 Å². The summed E-state index contributed by atoms with van der Waals surface area (Å²) in [5, 5.41) is 13.7. The predicted octanol–water partition coefficient (Wildman–Crippen LogP) is 1.77. The predicted molar refractivity (Wildman–Crippen MR) is 124 cm³/mol. The van der Waals surface area contributed by atoms with Gasteiger partial charge in [-0.05, 0) is 51.0 Å². The third-order valence-corrected chi connectivity index (χ3v) is 5.68. The van der Waals surface area contributed by atoms with Crippen LogP contribution in [0.3, 0.4) is 0 Å². The van der Waals surface area contributed by atoms with E-state index in [4.69, 9.17) is 9.47 Å². The van der Waals surface area contributed by atoms with Crippen LogP contribution >= 0.6 is 0 Å². The standard InChI is InChI=1S/C23H29N5O5/c1-3-32-22(30)15-7-8-19(24-13-15)28-11-9-16(10-12-28)25-21(14(2)29)33-18-6-4-5-17-20(18)27-23(31)26-17/h4-8,13-14,16,21,25,29H,3,9-12H2,1-2H3,(H2,26,27,31). The minimum atomic E-state index is -0.763. The summed E-state index contributed by atoms with van der Waals surface area (Å²) in [5.74, 6) is 0.934. The molecule has 33 heavy (non-hydrogen) atoms. The maximum atomic E-state index is 11.8. The van der Waals surface area contributed by atoms with Gasteiger partial charge in [-0.25, -0.2) is 14.6 Å². The van der Waals surface area contributed by atoms with Gasteiger partial charge in [-0.3, -0.25) is 5.32 Å². The average Bonchev–Trinajstić information content (AvgIpc) is 3.20. The Labute approximate surface area is 190 Å². The minimum absolute atomic E-state index is 0.143. The molecule has 3 heterocycles. The Bertz CT molecular complexity index is 1130. The number of hydrogen-bond acceptors (Lipinski definition) is 8. The number of nitrogens with zero attached hydrogens (tertiary/aromatic N) is 2. The Morgan fingerprint density at radius 1 is 1.27 bits per heavy atom. The van der Waals surface area contributed by atoms with Crippen LogP contribution in [0.1, 0.15) is 37.0 Å². The number of H-pyrrole nitrogens is 2. The molecule has 2 unspecified atom stereocenters. The lowest BCUT2D eigenvalue weighted by Gasteiger charge is -2.35. The molecule has 2 aromatic heterocycles. The summed E-state index contributed by atoms with van der Waals surface area (Å²) in [7, 11) is 0. The Morgan fingerprint density at radius 3 is 2.73 bits per heavy atom. The zero-order valence-corrected chi connectivity index (χ0v) is 18.7. The van der Waals surface area contributed by atoms with Crippen molar-refractivity contribution < 1.29 is 19.4 Å². The number of hydrogen-bond donors (Lipinski definition) is 4. The number of pyridine rings is 1. The Kier molecular flexibility index (Phi) is 6.95. The number of esters is 1. The van der Waals surface area contributed by atoms with E-state index < -0.39 is 12.3 Å². The number of imidazole rings is 1. The van der Waals surface area contributed by atoms with Crippen LogP contribution in [0.4, 0.5) is 5.82 Å². The average molecular weight is 456 g/mol. The van der Waals surface area contributed by atoms with Crippen LogP contribution in [-0.4, -0.2) is 64.1 Å². The molecule has 3 aromatic rings. The molecular formula is C23H29N5O5. The number of aromatic amines is 2. The highest BCUT2D eigenvalue weighted by Crippen LogP contribution is 2.24. The van der Waals surface area contributed by atoms with Crippen molar-refractivity contribution in [1.29, 1.82) is 0 Å². The molecule has 0 amide bonds. The van der Waals surface area contributed by atoms with Crippen LogP contribution in [0.2, 0.25) is 0 Å². The van der Waals surface area contributed by atoms with E-state index in [9.17, 15) is 14.7 Å². The fraction of sp³-hybridized carbons (Fsp3) is 0.435. The summed E-state index contributed by atoms with van der Waals surface area (Å²) in [6.07, 6.45) is 1.81. The van der Waals surface area contributed by atoms with Gasteiger partial charge < -0.3 is 29.4 Å². The molecule has 0 spiro atoms. The number of fused-ring (bicyclic) bond motifs is 1. The Hall–Kier alpha value is -3.37. The quantitative estimate of drug-likeness (QED) is 0.298. The van der Waals surface area contributed by atoms with Crippen molar-refractivity contribution in [2.45, 2.75) is 45.1 Å². The van der Waals surface area contributed by atoms with Crippen LogP contribution in [0.15, 0.2) is 41.3 Å². The minimum Gasteiger partial charge on any atom is -0.470 e. The SMILES string of the molecule is CCOC(=O)c1ccc(N2CCC(NC(Oc3cccc4[nH]c(=O)[nH]c34)C(C)O)CC2)nc1. The summed E-state index contributed by atoms with van der Waals surface area (Å²) in [4.78, 5) is 35.5. The molecule has 1 fully saturated rings. The van der Waals surface area contributed by atoms with E-state index in [1.165, 1.54) is 0 Å². The first-order valence-corrected chi connectivity index (χ1v) is 11.1. The number of anilines is 1. The number of para-hydroxylation sites is 1. The molecule has 1 aliphatic rings. The van der Waals surface area contributed by atoms with Crippen molar-refractivity contribution in [2.75, 3.05) is 24.6 Å². The van der Waals surface area contributed by atoms with E-state index in [-0.39, 0.29) is 17.7 Å². The van der Waals surface area contributed by atoms with Gasteiger partial charge in [-0.2, -0.15) is 0 Å². The maximum Gasteiger partial charge on any atom is 0.339 e. The Morgan fingerprint density at radius 2 is 2.06 bits per heavy atom. The summed E-state index contributed by atoms with van der Waals surface area (Å²) in [6, 6.07) is 9.04. The van der Waals surface area contributed by atoms with E-state index in [1.54, 1.807) is 44.3 Å². The van der Waals surface area contributed by atoms with Crippen molar-refractivity contribution in [3.05, 3.63) is 52.6 Å². The summed E-state index contributed by atoms with van der Waals surface area (Å²) >= 11 is 0. The summed E-state index contributed by atoms with van der Waals surface area (Å²) < 4.78 is 11.0. The molecule has 0 radical (unpaired) electrons. The van der Waals surface area contributed by atoms with Gasteiger partial charge in [-0.15, -0.1) is 0 Å². The number of aliphatic hydroxyl groups is 1. The molecular weight excluding hydrogens is 426 g/mol. The molecule has 2 atom stereocenters. The van der Waals surface area contributed by atoms with E-state index in [0.29, 0.717) is 29.0 Å². The Balaban J connectivity index is 1.35.